The second-order valence-electron chi connectivity index (χ2n) is 6.76. The second kappa shape index (κ2) is 7.15. The first-order valence-electron chi connectivity index (χ1n) is 7.84. The minimum atomic E-state index is -0.493. The Morgan fingerprint density at radius 1 is 1.17 bits per heavy atom. The smallest absolute Gasteiger partial charge is 0.410 e. The van der Waals surface area contributed by atoms with Crippen LogP contribution in [0.4, 0.5) is 4.79 Å². The Hall–Kier alpha value is -1.85. The lowest BCUT2D eigenvalue weighted by atomic mass is 9.96. The Bertz CT molecular complexity index is 579. The normalized spacial score (nSPS) is 15.3. The average Bonchev–Trinajstić information content (AvgIpc) is 2.52. The fourth-order valence-electron chi connectivity index (χ4n) is 2.55. The van der Waals surface area contributed by atoms with Crippen molar-refractivity contribution in [1.82, 2.24) is 4.90 Å². The van der Waals surface area contributed by atoms with E-state index >= 15 is 0 Å². The van der Waals surface area contributed by atoms with Crippen molar-refractivity contribution in [2.45, 2.75) is 46.0 Å². The molecule has 0 bridgehead atoms. The molecule has 1 aliphatic rings. The minimum Gasteiger partial charge on any atom is -0.444 e. The summed E-state index contributed by atoms with van der Waals surface area (Å²) in [7, 11) is 0. The number of hydrogen-bond donors (Lipinski definition) is 2. The van der Waals surface area contributed by atoms with E-state index in [4.69, 9.17) is 4.74 Å². The van der Waals surface area contributed by atoms with Crippen molar-refractivity contribution in [2.24, 2.45) is 0 Å². The summed E-state index contributed by atoms with van der Waals surface area (Å²) >= 11 is 0. The van der Waals surface area contributed by atoms with Crippen molar-refractivity contribution in [3.8, 4) is 0 Å². The number of nitrogens with zero attached hydrogens (tertiary/aromatic N) is 1. The van der Waals surface area contributed by atoms with Gasteiger partial charge in [-0.1, -0.05) is 12.1 Å². The molecular weight excluding hydrogens is 294 g/mol. The van der Waals surface area contributed by atoms with Crippen LogP contribution in [0.1, 0.15) is 43.9 Å². The van der Waals surface area contributed by atoms with Crippen LogP contribution >= 0.6 is 0 Å². The predicted molar refractivity (Wildman–Crippen MR) is 88.7 cm³/mol. The quantitative estimate of drug-likeness (QED) is 0.899. The molecule has 0 atom stereocenters. The van der Waals surface area contributed by atoms with E-state index in [-0.39, 0.29) is 19.3 Å². The zero-order valence-electron chi connectivity index (χ0n) is 14.0. The molecule has 1 heterocycles. The number of benzene rings is 1. The van der Waals surface area contributed by atoms with E-state index in [9.17, 15) is 15.0 Å². The van der Waals surface area contributed by atoms with Crippen LogP contribution in [0.2, 0.25) is 0 Å². The highest BCUT2D eigenvalue weighted by Gasteiger charge is 2.24. The summed E-state index contributed by atoms with van der Waals surface area (Å²) in [5.41, 5.74) is 3.18. The van der Waals surface area contributed by atoms with Gasteiger partial charge in [-0.25, -0.2) is 4.79 Å². The van der Waals surface area contributed by atoms with Gasteiger partial charge in [0.25, 0.3) is 0 Å². The predicted octanol–water partition coefficient (Wildman–Crippen LogP) is 2.70. The van der Waals surface area contributed by atoms with Gasteiger partial charge >= 0.3 is 6.09 Å². The highest BCUT2D eigenvalue weighted by atomic mass is 16.6. The number of amides is 1. The van der Waals surface area contributed by atoms with Crippen LogP contribution in [-0.4, -0.2) is 39.9 Å². The summed E-state index contributed by atoms with van der Waals surface area (Å²) in [6, 6.07) is 5.64. The first-order valence-corrected chi connectivity index (χ1v) is 7.84. The van der Waals surface area contributed by atoms with Crippen LogP contribution in [0, 0.1) is 0 Å². The van der Waals surface area contributed by atoms with Gasteiger partial charge < -0.3 is 19.8 Å². The van der Waals surface area contributed by atoms with Crippen LogP contribution < -0.4 is 0 Å². The summed E-state index contributed by atoms with van der Waals surface area (Å²) in [4.78, 5) is 13.7. The highest BCUT2D eigenvalue weighted by molar-refractivity contribution is 5.73. The van der Waals surface area contributed by atoms with Crippen LogP contribution in [0.5, 0.6) is 0 Å². The van der Waals surface area contributed by atoms with Crippen LogP contribution in [0.3, 0.4) is 0 Å². The van der Waals surface area contributed by atoms with E-state index in [0.29, 0.717) is 13.1 Å². The maximum atomic E-state index is 12.1. The SMILES string of the molecule is CC(C)(C)OC(=O)N1CC=C(c2cc(CO)cc(CO)c2)CC1. The van der Waals surface area contributed by atoms with E-state index < -0.39 is 5.60 Å². The summed E-state index contributed by atoms with van der Waals surface area (Å²) in [5, 5.41) is 18.7. The molecule has 2 rings (SSSR count). The van der Waals surface area contributed by atoms with Crippen molar-refractivity contribution >= 4 is 11.7 Å². The molecule has 0 aliphatic carbocycles. The number of ether oxygens (including phenoxy) is 1. The third-order valence-corrected chi connectivity index (χ3v) is 3.65. The van der Waals surface area contributed by atoms with Crippen molar-refractivity contribution in [3.05, 3.63) is 41.0 Å². The summed E-state index contributed by atoms with van der Waals surface area (Å²) in [6.45, 7) is 6.55. The first kappa shape index (κ1) is 17.5. The van der Waals surface area contributed by atoms with Gasteiger partial charge in [-0.15, -0.1) is 0 Å². The van der Waals surface area contributed by atoms with E-state index in [0.717, 1.165) is 28.7 Å². The monoisotopic (exact) mass is 319 g/mol. The van der Waals surface area contributed by atoms with Gasteiger partial charge in [0.1, 0.15) is 5.60 Å². The van der Waals surface area contributed by atoms with Gasteiger partial charge in [0.15, 0.2) is 0 Å². The molecule has 0 fully saturated rings. The lowest BCUT2D eigenvalue weighted by molar-refractivity contribution is 0.0270. The summed E-state index contributed by atoms with van der Waals surface area (Å²) < 4.78 is 5.38. The molecule has 1 aliphatic heterocycles. The maximum absolute atomic E-state index is 12.1. The molecule has 0 aromatic heterocycles. The molecule has 0 spiro atoms. The van der Waals surface area contributed by atoms with E-state index in [1.54, 1.807) is 11.0 Å². The molecule has 0 saturated heterocycles. The van der Waals surface area contributed by atoms with Gasteiger partial charge in [-0.05, 0) is 61.6 Å². The molecule has 2 N–H and O–H groups in total. The standard InChI is InChI=1S/C18H25NO4/c1-18(2,3)23-17(22)19-6-4-15(5-7-19)16-9-13(11-20)8-14(10-16)12-21/h4,8-10,20-21H,5-7,11-12H2,1-3H3. The van der Waals surface area contributed by atoms with Crippen LogP contribution in [0.15, 0.2) is 24.3 Å². The molecule has 23 heavy (non-hydrogen) atoms. The van der Waals surface area contributed by atoms with Crippen molar-refractivity contribution in [1.29, 1.82) is 0 Å². The summed E-state index contributed by atoms with van der Waals surface area (Å²) in [5.74, 6) is 0. The lowest BCUT2D eigenvalue weighted by Gasteiger charge is -2.29. The zero-order chi connectivity index (χ0) is 17.0. The van der Waals surface area contributed by atoms with Gasteiger partial charge in [-0.3, -0.25) is 0 Å². The number of carbonyl (C=O) groups excluding carboxylic acids is 1. The Labute approximate surface area is 137 Å². The van der Waals surface area contributed by atoms with E-state index in [1.165, 1.54) is 0 Å². The van der Waals surface area contributed by atoms with Crippen LogP contribution in [0.25, 0.3) is 5.57 Å². The van der Waals surface area contributed by atoms with Crippen molar-refractivity contribution in [2.75, 3.05) is 13.1 Å². The fourth-order valence-corrected chi connectivity index (χ4v) is 2.55. The van der Waals surface area contributed by atoms with Gasteiger partial charge in [0.2, 0.25) is 0 Å². The van der Waals surface area contributed by atoms with Crippen LogP contribution in [-0.2, 0) is 18.0 Å². The molecule has 0 saturated carbocycles. The van der Waals surface area contributed by atoms with Gasteiger partial charge in [0.05, 0.1) is 13.2 Å². The number of rotatable bonds is 3. The number of aliphatic hydroxyl groups is 2. The molecule has 5 nitrogen and oxygen atoms in total. The minimum absolute atomic E-state index is 0.0574. The molecule has 126 valence electrons. The van der Waals surface area contributed by atoms with Gasteiger partial charge in [0, 0.05) is 13.1 Å². The Balaban J connectivity index is 2.11. The third kappa shape index (κ3) is 4.81. The molecule has 5 heteroatoms. The molecule has 1 aromatic carbocycles. The Morgan fingerprint density at radius 3 is 2.22 bits per heavy atom. The Morgan fingerprint density at radius 2 is 1.78 bits per heavy atom. The number of hydrogen-bond acceptors (Lipinski definition) is 4. The molecule has 0 unspecified atom stereocenters. The number of aliphatic hydroxyl groups excluding tert-OH is 2. The van der Waals surface area contributed by atoms with E-state index in [2.05, 4.69) is 0 Å². The topological polar surface area (TPSA) is 70.0 Å². The average molecular weight is 319 g/mol. The molecule has 0 radical (unpaired) electrons. The van der Waals surface area contributed by atoms with Crippen molar-refractivity contribution in [3.63, 3.8) is 0 Å². The molecule has 1 aromatic rings. The largest absolute Gasteiger partial charge is 0.444 e. The lowest BCUT2D eigenvalue weighted by Crippen LogP contribution is -2.39. The zero-order valence-corrected chi connectivity index (χ0v) is 14.0. The first-order chi connectivity index (χ1) is 10.8. The number of carbonyl (C=O) groups is 1. The maximum Gasteiger partial charge on any atom is 0.410 e. The highest BCUT2D eigenvalue weighted by Crippen LogP contribution is 2.25. The fraction of sp³-hybridized carbons (Fsp3) is 0.500. The van der Waals surface area contributed by atoms with E-state index in [1.807, 2.05) is 39.0 Å². The third-order valence-electron chi connectivity index (χ3n) is 3.65. The molecular formula is C18H25NO4. The summed E-state index contributed by atoms with van der Waals surface area (Å²) in [6.07, 6.45) is 2.43. The Kier molecular flexibility index (Phi) is 5.44. The van der Waals surface area contributed by atoms with Gasteiger partial charge in [-0.2, -0.15) is 0 Å². The van der Waals surface area contributed by atoms with Crippen molar-refractivity contribution < 1.29 is 19.7 Å². The molecule has 1 amide bonds. The second-order valence-corrected chi connectivity index (χ2v) is 6.76.